The van der Waals surface area contributed by atoms with Gasteiger partial charge in [0.1, 0.15) is 34.9 Å². The number of fused-ring (bicyclic) bond motifs is 4. The molecule has 0 unspecified atom stereocenters. The Labute approximate surface area is 742 Å². The van der Waals surface area contributed by atoms with Crippen LogP contribution in [-0.2, 0) is 86.3 Å². The summed E-state index contributed by atoms with van der Waals surface area (Å²) in [5.74, 6) is -15.7. The number of likely N-dealkylation sites (tertiary alicyclic amines) is 5. The van der Waals surface area contributed by atoms with Crippen molar-refractivity contribution in [2.75, 3.05) is 91.6 Å². The molecule has 9 aliphatic heterocycles. The number of carbonyl (C=O) groups excluding carboxylic acids is 7. The van der Waals surface area contributed by atoms with E-state index in [-0.39, 0.29) is 198 Å². The molecular weight excluding hydrogens is 1790 g/mol. The minimum Gasteiger partial charge on any atom is -0.337 e. The first-order valence-corrected chi connectivity index (χ1v) is 43.4. The van der Waals surface area contributed by atoms with E-state index in [2.05, 4.69) is 52.6 Å². The average molecular weight is 1880 g/mol. The zero-order chi connectivity index (χ0) is 95.1. The van der Waals surface area contributed by atoms with E-state index in [4.69, 9.17) is 0 Å². The Bertz CT molecular complexity index is 5460. The van der Waals surface area contributed by atoms with E-state index in [1.807, 2.05) is 4.90 Å². The number of aromatic nitrogens is 8. The van der Waals surface area contributed by atoms with Gasteiger partial charge in [0.25, 0.3) is 23.6 Å². The number of urea groups is 1. The van der Waals surface area contributed by atoms with Gasteiger partial charge in [-0.15, -0.1) is 0 Å². The first-order valence-electron chi connectivity index (χ1n) is 43.4. The largest absolute Gasteiger partial charge is 0.419 e. The third-order valence-corrected chi connectivity index (χ3v) is 26.1. The monoisotopic (exact) mass is 1880 g/mol. The maximum absolute atomic E-state index is 14.0. The lowest BCUT2D eigenvalue weighted by Crippen LogP contribution is -2.43. The summed E-state index contributed by atoms with van der Waals surface area (Å²) in [6.07, 6.45) is -12.8. The molecule has 712 valence electrons. The number of H-pyrrole nitrogens is 4. The Morgan fingerprint density at radius 1 is 0.333 bits per heavy atom. The quantitative estimate of drug-likeness (QED) is 0.0932. The van der Waals surface area contributed by atoms with Crippen LogP contribution in [0.2, 0.25) is 0 Å². The lowest BCUT2D eigenvalue weighted by atomic mass is 9.85. The second kappa shape index (κ2) is 39.3. The van der Waals surface area contributed by atoms with Crippen LogP contribution in [0.1, 0.15) is 253 Å². The highest BCUT2D eigenvalue weighted by atomic mass is 19.4. The summed E-state index contributed by atoms with van der Waals surface area (Å²) in [5, 5.41) is 28.0. The summed E-state index contributed by atoms with van der Waals surface area (Å²) in [6.45, 7) is 12.4. The number of carbonyl (C=O) groups is 7. The zero-order valence-electron chi connectivity index (χ0n) is 71.7. The molecule has 8 amide bonds. The zero-order valence-corrected chi connectivity index (χ0v) is 71.7. The number of rotatable bonds is 10. The van der Waals surface area contributed by atoms with Crippen LogP contribution in [-0.4, -0.2) is 218 Å². The fourth-order valence-corrected chi connectivity index (χ4v) is 19.3. The van der Waals surface area contributed by atoms with E-state index in [9.17, 15) is 121 Å². The van der Waals surface area contributed by atoms with Gasteiger partial charge in [-0.1, -0.05) is 13.0 Å². The molecule has 132 heavy (non-hydrogen) atoms. The van der Waals surface area contributed by atoms with E-state index in [1.54, 1.807) is 19.6 Å². The molecule has 4 aromatic carbocycles. The van der Waals surface area contributed by atoms with Gasteiger partial charge in [-0.05, 0) is 167 Å². The van der Waals surface area contributed by atoms with Gasteiger partial charge in [0.05, 0.1) is 65.5 Å². The minimum absolute atomic E-state index is 0.0643. The van der Waals surface area contributed by atoms with Gasteiger partial charge in [0.2, 0.25) is 11.8 Å². The van der Waals surface area contributed by atoms with Crippen LogP contribution in [0.3, 0.4) is 0 Å². The first-order chi connectivity index (χ1) is 62.4. The maximum atomic E-state index is 14.0. The molecule has 5 fully saturated rings. The highest BCUT2D eigenvalue weighted by Crippen LogP contribution is 2.47. The Morgan fingerprint density at radius 3 is 1.01 bits per heavy atom. The fourth-order valence-electron chi connectivity index (χ4n) is 19.3. The first kappa shape index (κ1) is 96.4. The van der Waals surface area contributed by atoms with Crippen molar-refractivity contribution in [2.24, 2.45) is 0 Å². The number of nitrogens with one attached hydrogen (secondary N) is 4. The summed E-state index contributed by atoms with van der Waals surface area (Å²) in [4.78, 5) is 103. The summed E-state index contributed by atoms with van der Waals surface area (Å²) >= 11 is 0. The van der Waals surface area contributed by atoms with E-state index < -0.39 is 128 Å². The topological polar surface area (TPSA) is 263 Å². The Kier molecular flexibility index (Phi) is 28.7. The van der Waals surface area contributed by atoms with Crippen LogP contribution >= 0.6 is 0 Å². The standard InChI is InChI=1S/C24H26F5N5O2.C22H25F5N4O.2C21H21F5N4O2/c25-17-5-4-15(19(20(17)26)24(27,28)29)14-6-10-32(11-7-14)22(35)21-16-12-34(13-18(16)30-31-21)23(36)33-8-2-1-3-9-33;1-2-6-30-7-5-18-16(12-30)20(29-28-18)21(32)31-8-3-13(4-9-31)15-10-14(23)11-17(24)19(15)22(25,26)27;2*1-11(31)30-7-4-14-17(10-30)27-28-19(14)20(32)29-5-2-12(3-6-29)15-8-13(22)9-16(23)18(15)21(24,25)26/h4-5,14H,1-3,6-13H2,(H,30,31);10-11,13H,2-9,12H2,1H3,(H,28,29);2*8-9,12H,2-7,10H2,1H3,(H,27,28). The number of benzene rings is 4. The summed E-state index contributed by atoms with van der Waals surface area (Å²) in [6, 6.07) is 4.59. The van der Waals surface area contributed by atoms with Crippen molar-refractivity contribution < 1.29 is 121 Å². The molecule has 44 heteroatoms. The molecule has 0 bridgehead atoms. The van der Waals surface area contributed by atoms with Crippen LogP contribution in [0.5, 0.6) is 0 Å². The summed E-state index contributed by atoms with van der Waals surface area (Å²) in [5.41, 5.74) is -0.282. The number of alkyl halides is 12. The number of halogens is 20. The van der Waals surface area contributed by atoms with Crippen LogP contribution in [0.15, 0.2) is 48.5 Å². The van der Waals surface area contributed by atoms with E-state index in [0.717, 1.165) is 105 Å². The molecule has 0 saturated carbocycles. The van der Waals surface area contributed by atoms with Gasteiger partial charge in [0.15, 0.2) is 34.4 Å². The average Bonchev–Trinajstić information content (AvgIpc) is 0.820. The third kappa shape index (κ3) is 20.9. The lowest BCUT2D eigenvalue weighted by molar-refractivity contribution is -0.142. The smallest absolute Gasteiger partial charge is 0.337 e. The number of nitrogens with zero attached hydrogens (tertiary/aromatic N) is 13. The highest BCUT2D eigenvalue weighted by molar-refractivity contribution is 5.96. The van der Waals surface area contributed by atoms with E-state index in [0.29, 0.717) is 86.5 Å². The van der Waals surface area contributed by atoms with Crippen molar-refractivity contribution in [3.63, 3.8) is 0 Å². The SMILES string of the molecule is CC(=O)N1CCc2c(C(=O)N3CCC(c4cc(F)cc(F)c4C(F)(F)F)CC3)n[nH]c2C1.CC(=O)N1CCc2c(C(=O)N3CCC(c4cc(F)cc(F)c4C(F)(F)F)CC3)n[nH]c2C1.CCCN1CCc2[nH]nc(C(=O)N3CCC(c4cc(F)cc(F)c4C(F)(F)F)CC3)c2C1.O=C(c1n[nH]c2c1CN(C(=O)N1CCCCC1)C2)N1CCC(c2ccc(F)c(F)c2C(F)(F)F)CC1. The van der Waals surface area contributed by atoms with Crippen molar-refractivity contribution in [3.8, 4) is 0 Å². The van der Waals surface area contributed by atoms with Crippen LogP contribution in [0.25, 0.3) is 0 Å². The normalized spacial score (nSPS) is 18.1. The van der Waals surface area contributed by atoms with E-state index in [1.165, 1.54) is 28.5 Å². The molecule has 8 aromatic rings. The molecule has 24 nitrogen and oxygen atoms in total. The van der Waals surface area contributed by atoms with Crippen LogP contribution in [0.4, 0.5) is 92.6 Å². The highest BCUT2D eigenvalue weighted by Gasteiger charge is 2.47. The maximum Gasteiger partial charge on any atom is 0.419 e. The van der Waals surface area contributed by atoms with Gasteiger partial charge in [-0.25, -0.2) is 39.9 Å². The molecule has 0 aliphatic carbocycles. The number of piperidine rings is 5. The van der Waals surface area contributed by atoms with Crippen molar-refractivity contribution in [3.05, 3.63) is 207 Å². The predicted octanol–water partition coefficient (Wildman–Crippen LogP) is 16.4. The minimum atomic E-state index is -5.03. The molecule has 9 aliphatic rings. The van der Waals surface area contributed by atoms with Gasteiger partial charge in [0, 0.05) is 158 Å². The number of amides is 8. The lowest BCUT2D eigenvalue weighted by Gasteiger charge is -2.33. The molecule has 0 spiro atoms. The van der Waals surface area contributed by atoms with E-state index >= 15 is 0 Å². The van der Waals surface area contributed by atoms with Gasteiger partial charge in [-0.2, -0.15) is 73.1 Å². The summed E-state index contributed by atoms with van der Waals surface area (Å²) < 4.78 is 271. The fraction of sp³-hybridized carbons (Fsp3) is 0.511. The summed E-state index contributed by atoms with van der Waals surface area (Å²) in [7, 11) is 0. The number of hydrogen-bond acceptors (Lipinski definition) is 12. The molecule has 5 saturated heterocycles. The number of hydrogen-bond donors (Lipinski definition) is 4. The van der Waals surface area contributed by atoms with Crippen molar-refractivity contribution in [1.82, 2.24) is 84.9 Å². The Morgan fingerprint density at radius 2 is 0.659 bits per heavy atom. The molecular formula is C88H93F20N17O7. The number of aromatic amines is 4. The van der Waals surface area contributed by atoms with Gasteiger partial charge < -0.3 is 39.2 Å². The van der Waals surface area contributed by atoms with Gasteiger partial charge >= 0.3 is 30.7 Å². The molecule has 4 aromatic heterocycles. The van der Waals surface area contributed by atoms with Crippen LogP contribution < -0.4 is 0 Å². The third-order valence-electron chi connectivity index (χ3n) is 26.1. The van der Waals surface area contributed by atoms with Crippen LogP contribution in [0, 0.1) is 46.5 Å². The van der Waals surface area contributed by atoms with Crippen molar-refractivity contribution in [2.45, 2.75) is 198 Å². The molecule has 17 rings (SSSR count). The molecule has 0 atom stereocenters. The van der Waals surface area contributed by atoms with Crippen molar-refractivity contribution >= 4 is 41.5 Å². The second-order valence-electron chi connectivity index (χ2n) is 34.3. The van der Waals surface area contributed by atoms with Gasteiger partial charge in [-0.3, -0.25) is 54.1 Å². The Balaban J connectivity index is 0.000000142. The second-order valence-corrected chi connectivity index (χ2v) is 34.3. The molecule has 13 heterocycles. The Hall–Kier alpha value is -11.6. The molecule has 4 N–H and O–H groups in total. The molecule has 0 radical (unpaired) electrons. The van der Waals surface area contributed by atoms with Crippen molar-refractivity contribution in [1.29, 1.82) is 0 Å². The predicted molar refractivity (Wildman–Crippen MR) is 430 cm³/mol.